The number of nitrogens with one attached hydrogen (secondary N) is 1. The Balaban J connectivity index is 2.25. The Labute approximate surface area is 135 Å². The number of hydrogen-bond acceptors (Lipinski definition) is 3. The standard InChI is InChI=1S/C13H10BrClN2O3S/c14-11-7-10(4-5-12(11)21(16,19)20)17-13(18)8-2-1-3-9(15)6-8/h1-7H,(H,17,18)(H2,16,19,20). The van der Waals surface area contributed by atoms with Crippen LogP contribution in [0.4, 0.5) is 5.69 Å². The number of hydrogen-bond donors (Lipinski definition) is 2. The third-order valence-electron chi connectivity index (χ3n) is 2.58. The van der Waals surface area contributed by atoms with Gasteiger partial charge in [0.1, 0.15) is 0 Å². The molecule has 0 saturated carbocycles. The summed E-state index contributed by atoms with van der Waals surface area (Å²) in [6, 6.07) is 10.7. The maximum Gasteiger partial charge on any atom is 0.255 e. The predicted molar refractivity (Wildman–Crippen MR) is 84.9 cm³/mol. The largest absolute Gasteiger partial charge is 0.322 e. The second-order valence-corrected chi connectivity index (χ2v) is 6.98. The summed E-state index contributed by atoms with van der Waals surface area (Å²) >= 11 is 8.93. The molecule has 0 aromatic heterocycles. The monoisotopic (exact) mass is 388 g/mol. The highest BCUT2D eigenvalue weighted by atomic mass is 79.9. The predicted octanol–water partition coefficient (Wildman–Crippen LogP) is 3.00. The summed E-state index contributed by atoms with van der Waals surface area (Å²) in [7, 11) is -3.81. The third-order valence-corrected chi connectivity index (χ3v) is 4.71. The van der Waals surface area contributed by atoms with Crippen molar-refractivity contribution in [3.8, 4) is 0 Å². The molecule has 0 unspecified atom stereocenters. The zero-order chi connectivity index (χ0) is 15.6. The van der Waals surface area contributed by atoms with E-state index in [-0.39, 0.29) is 15.3 Å². The summed E-state index contributed by atoms with van der Waals surface area (Å²) in [6.45, 7) is 0. The molecule has 2 aromatic rings. The number of benzene rings is 2. The van der Waals surface area contributed by atoms with Crippen LogP contribution in [0, 0.1) is 0 Å². The Morgan fingerprint density at radius 2 is 1.90 bits per heavy atom. The van der Waals surface area contributed by atoms with Crippen LogP contribution in [0.25, 0.3) is 0 Å². The number of primary sulfonamides is 1. The van der Waals surface area contributed by atoms with Gasteiger partial charge in [-0.2, -0.15) is 0 Å². The van der Waals surface area contributed by atoms with E-state index in [4.69, 9.17) is 16.7 Å². The molecule has 0 aliphatic carbocycles. The highest BCUT2D eigenvalue weighted by Crippen LogP contribution is 2.25. The van der Waals surface area contributed by atoms with Gasteiger partial charge in [-0.1, -0.05) is 17.7 Å². The van der Waals surface area contributed by atoms with E-state index in [1.54, 1.807) is 18.2 Å². The first-order chi connectivity index (χ1) is 9.77. The average molecular weight is 390 g/mol. The molecule has 21 heavy (non-hydrogen) atoms. The van der Waals surface area contributed by atoms with Crippen LogP contribution in [-0.4, -0.2) is 14.3 Å². The Bertz CT molecular complexity index is 809. The number of nitrogens with two attached hydrogens (primary N) is 1. The maximum atomic E-state index is 12.0. The van der Waals surface area contributed by atoms with Crippen LogP contribution in [0.3, 0.4) is 0 Å². The smallest absolute Gasteiger partial charge is 0.255 e. The lowest BCUT2D eigenvalue weighted by Crippen LogP contribution is -2.14. The number of anilines is 1. The van der Waals surface area contributed by atoms with E-state index in [1.807, 2.05) is 0 Å². The maximum absolute atomic E-state index is 12.0. The molecule has 1 amide bonds. The van der Waals surface area contributed by atoms with E-state index >= 15 is 0 Å². The normalized spacial score (nSPS) is 11.2. The Morgan fingerprint density at radius 3 is 2.48 bits per heavy atom. The van der Waals surface area contributed by atoms with Crippen LogP contribution in [0.15, 0.2) is 51.8 Å². The Kier molecular flexibility index (Phi) is 4.67. The minimum absolute atomic E-state index is 0.0525. The Morgan fingerprint density at radius 1 is 1.19 bits per heavy atom. The van der Waals surface area contributed by atoms with Crippen molar-refractivity contribution in [2.75, 3.05) is 5.32 Å². The van der Waals surface area contributed by atoms with Crippen molar-refractivity contribution in [1.82, 2.24) is 0 Å². The van der Waals surface area contributed by atoms with E-state index in [9.17, 15) is 13.2 Å². The molecule has 0 bridgehead atoms. The van der Waals surface area contributed by atoms with Gasteiger partial charge in [0, 0.05) is 20.7 Å². The van der Waals surface area contributed by atoms with Gasteiger partial charge >= 0.3 is 0 Å². The molecular formula is C13H10BrClN2O3S. The van der Waals surface area contributed by atoms with Crippen LogP contribution in [-0.2, 0) is 10.0 Å². The summed E-state index contributed by atoms with van der Waals surface area (Å²) in [5, 5.41) is 8.15. The molecule has 3 N–H and O–H groups in total. The molecule has 5 nitrogen and oxygen atoms in total. The highest BCUT2D eigenvalue weighted by molar-refractivity contribution is 9.10. The van der Waals surface area contributed by atoms with Gasteiger partial charge < -0.3 is 5.32 Å². The van der Waals surface area contributed by atoms with Gasteiger partial charge in [0.25, 0.3) is 5.91 Å². The molecule has 2 aromatic carbocycles. The van der Waals surface area contributed by atoms with Crippen LogP contribution >= 0.6 is 27.5 Å². The number of halogens is 2. The van der Waals surface area contributed by atoms with Crippen molar-refractivity contribution in [1.29, 1.82) is 0 Å². The molecule has 0 spiro atoms. The molecule has 110 valence electrons. The second kappa shape index (κ2) is 6.15. The van der Waals surface area contributed by atoms with E-state index in [1.165, 1.54) is 24.3 Å². The zero-order valence-electron chi connectivity index (χ0n) is 10.5. The van der Waals surface area contributed by atoms with Crippen molar-refractivity contribution in [2.45, 2.75) is 4.90 Å². The molecule has 0 aliphatic rings. The van der Waals surface area contributed by atoms with Crippen molar-refractivity contribution in [2.24, 2.45) is 5.14 Å². The summed E-state index contributed by atoms with van der Waals surface area (Å²) in [4.78, 5) is 12.0. The van der Waals surface area contributed by atoms with Crippen LogP contribution in [0.1, 0.15) is 10.4 Å². The lowest BCUT2D eigenvalue weighted by atomic mass is 10.2. The molecule has 0 fully saturated rings. The molecule has 0 saturated heterocycles. The SMILES string of the molecule is NS(=O)(=O)c1ccc(NC(=O)c2cccc(Cl)c2)cc1Br. The third kappa shape index (κ3) is 4.04. The lowest BCUT2D eigenvalue weighted by molar-refractivity contribution is 0.102. The van der Waals surface area contributed by atoms with Crippen molar-refractivity contribution < 1.29 is 13.2 Å². The highest BCUT2D eigenvalue weighted by Gasteiger charge is 2.14. The van der Waals surface area contributed by atoms with Gasteiger partial charge in [-0.15, -0.1) is 0 Å². The second-order valence-electron chi connectivity index (χ2n) is 4.15. The molecule has 0 radical (unpaired) electrons. The van der Waals surface area contributed by atoms with E-state index in [2.05, 4.69) is 21.2 Å². The molecule has 2 rings (SSSR count). The lowest BCUT2D eigenvalue weighted by Gasteiger charge is -2.08. The summed E-state index contributed by atoms with van der Waals surface area (Å²) in [6.07, 6.45) is 0. The molecule has 0 aliphatic heterocycles. The summed E-state index contributed by atoms with van der Waals surface area (Å²) in [5.74, 6) is -0.354. The van der Waals surface area contributed by atoms with Crippen molar-refractivity contribution >= 4 is 49.1 Å². The quantitative estimate of drug-likeness (QED) is 0.845. The zero-order valence-corrected chi connectivity index (χ0v) is 13.7. The number of amides is 1. The van der Waals surface area contributed by atoms with E-state index in [0.29, 0.717) is 16.3 Å². The Hall–Kier alpha value is -1.41. The molecule has 0 heterocycles. The minimum Gasteiger partial charge on any atom is -0.322 e. The van der Waals surface area contributed by atoms with Crippen LogP contribution < -0.4 is 10.5 Å². The fraction of sp³-hybridized carbons (Fsp3) is 0. The van der Waals surface area contributed by atoms with Crippen LogP contribution in [0.5, 0.6) is 0 Å². The number of carbonyl (C=O) groups is 1. The van der Waals surface area contributed by atoms with Crippen molar-refractivity contribution in [3.63, 3.8) is 0 Å². The van der Waals surface area contributed by atoms with Crippen molar-refractivity contribution in [3.05, 3.63) is 57.5 Å². The van der Waals surface area contributed by atoms with Gasteiger partial charge in [0.05, 0.1) is 4.90 Å². The number of sulfonamides is 1. The molecular weight excluding hydrogens is 380 g/mol. The topological polar surface area (TPSA) is 89.3 Å². The van der Waals surface area contributed by atoms with E-state index < -0.39 is 10.0 Å². The fourth-order valence-electron chi connectivity index (χ4n) is 1.64. The number of rotatable bonds is 3. The minimum atomic E-state index is -3.81. The molecule has 8 heteroatoms. The first kappa shape index (κ1) is 16.0. The first-order valence-electron chi connectivity index (χ1n) is 5.66. The van der Waals surface area contributed by atoms with Gasteiger partial charge in [-0.25, -0.2) is 13.6 Å². The first-order valence-corrected chi connectivity index (χ1v) is 8.38. The van der Waals surface area contributed by atoms with Gasteiger partial charge in [0.2, 0.25) is 10.0 Å². The summed E-state index contributed by atoms with van der Waals surface area (Å²) in [5.41, 5.74) is 0.827. The van der Waals surface area contributed by atoms with Gasteiger partial charge in [-0.05, 0) is 52.3 Å². The van der Waals surface area contributed by atoms with E-state index in [0.717, 1.165) is 0 Å². The van der Waals surface area contributed by atoms with Crippen LogP contribution in [0.2, 0.25) is 5.02 Å². The fourth-order valence-corrected chi connectivity index (χ4v) is 3.48. The van der Waals surface area contributed by atoms with Gasteiger partial charge in [0.15, 0.2) is 0 Å². The average Bonchev–Trinajstić information content (AvgIpc) is 2.37. The summed E-state index contributed by atoms with van der Waals surface area (Å²) < 4.78 is 22.9. The van der Waals surface area contributed by atoms with Gasteiger partial charge in [-0.3, -0.25) is 4.79 Å². The molecule has 0 atom stereocenters. The number of carbonyl (C=O) groups excluding carboxylic acids is 1.